The van der Waals surface area contributed by atoms with Gasteiger partial charge in [-0.3, -0.25) is 4.79 Å². The van der Waals surface area contributed by atoms with E-state index in [2.05, 4.69) is 10.3 Å². The lowest BCUT2D eigenvalue weighted by Gasteiger charge is -2.07. The van der Waals surface area contributed by atoms with Crippen LogP contribution in [-0.2, 0) is 0 Å². The van der Waals surface area contributed by atoms with Gasteiger partial charge in [0.1, 0.15) is 5.82 Å². The summed E-state index contributed by atoms with van der Waals surface area (Å²) in [7, 11) is 0. The van der Waals surface area contributed by atoms with Gasteiger partial charge in [-0.2, -0.15) is 0 Å². The van der Waals surface area contributed by atoms with Gasteiger partial charge in [-0.15, -0.1) is 0 Å². The fraction of sp³-hybridized carbons (Fsp3) is 0. The second kappa shape index (κ2) is 5.58. The van der Waals surface area contributed by atoms with Crippen molar-refractivity contribution in [1.82, 2.24) is 9.55 Å². The van der Waals surface area contributed by atoms with Crippen molar-refractivity contribution in [1.29, 1.82) is 0 Å². The number of rotatable bonds is 3. The summed E-state index contributed by atoms with van der Waals surface area (Å²) in [4.78, 5) is 16.0. The van der Waals surface area contributed by atoms with E-state index in [-0.39, 0.29) is 11.7 Å². The highest BCUT2D eigenvalue weighted by atomic mass is 19.1. The van der Waals surface area contributed by atoms with Crippen LogP contribution in [0.1, 0.15) is 10.4 Å². The molecule has 0 atom stereocenters. The quantitative estimate of drug-likeness (QED) is 0.801. The van der Waals surface area contributed by atoms with Crippen LogP contribution in [-0.4, -0.2) is 15.5 Å². The molecule has 1 heterocycles. The van der Waals surface area contributed by atoms with Crippen molar-refractivity contribution in [3.63, 3.8) is 0 Å². The average Bonchev–Trinajstić information content (AvgIpc) is 3.01. The molecule has 0 aliphatic rings. The first kappa shape index (κ1) is 13.1. The Bertz CT molecular complexity index is 751. The van der Waals surface area contributed by atoms with Crippen LogP contribution in [0.25, 0.3) is 5.69 Å². The maximum absolute atomic E-state index is 13.1. The number of benzene rings is 2. The summed E-state index contributed by atoms with van der Waals surface area (Å²) in [5, 5.41) is 2.66. The fourth-order valence-electron chi connectivity index (χ4n) is 1.97. The van der Waals surface area contributed by atoms with Crippen LogP contribution in [0.4, 0.5) is 10.1 Å². The Kier molecular flexibility index (Phi) is 3.47. The van der Waals surface area contributed by atoms with E-state index in [1.54, 1.807) is 36.8 Å². The van der Waals surface area contributed by atoms with Gasteiger partial charge >= 0.3 is 0 Å². The molecule has 0 saturated heterocycles. The molecule has 2 aromatic carbocycles. The van der Waals surface area contributed by atoms with E-state index in [0.717, 1.165) is 5.69 Å². The number of hydrogen-bond donors (Lipinski definition) is 1. The van der Waals surface area contributed by atoms with Crippen molar-refractivity contribution in [2.45, 2.75) is 0 Å². The van der Waals surface area contributed by atoms with Crippen LogP contribution >= 0.6 is 0 Å². The molecular weight excluding hydrogens is 269 g/mol. The molecule has 0 spiro atoms. The Hall–Kier alpha value is -2.95. The first-order valence-electron chi connectivity index (χ1n) is 6.38. The number of carbonyl (C=O) groups excluding carboxylic acids is 1. The molecule has 104 valence electrons. The Morgan fingerprint density at radius 3 is 2.62 bits per heavy atom. The number of imidazole rings is 1. The first-order chi connectivity index (χ1) is 10.2. The topological polar surface area (TPSA) is 46.9 Å². The van der Waals surface area contributed by atoms with Gasteiger partial charge in [0.2, 0.25) is 0 Å². The number of amides is 1. The lowest BCUT2D eigenvalue weighted by atomic mass is 10.2. The summed E-state index contributed by atoms with van der Waals surface area (Å²) in [6.07, 6.45) is 5.19. The van der Waals surface area contributed by atoms with Crippen molar-refractivity contribution in [2.75, 3.05) is 5.32 Å². The smallest absolute Gasteiger partial charge is 0.255 e. The Labute approximate surface area is 120 Å². The molecule has 5 heteroatoms. The monoisotopic (exact) mass is 281 g/mol. The second-order valence-electron chi connectivity index (χ2n) is 4.48. The molecule has 1 aromatic heterocycles. The third kappa shape index (κ3) is 2.97. The molecular formula is C16H12FN3O. The molecule has 21 heavy (non-hydrogen) atoms. The van der Waals surface area contributed by atoms with Gasteiger partial charge in [-0.05, 0) is 42.5 Å². The molecule has 0 bridgehead atoms. The lowest BCUT2D eigenvalue weighted by molar-refractivity contribution is 0.102. The normalized spacial score (nSPS) is 10.3. The highest BCUT2D eigenvalue weighted by Crippen LogP contribution is 2.13. The standard InChI is InChI=1S/C16H12FN3O/c17-13-2-1-3-14(10-13)19-16(21)12-4-6-15(7-5-12)20-9-8-18-11-20/h1-11H,(H,19,21). The molecule has 0 aliphatic carbocycles. The Balaban J connectivity index is 1.76. The molecule has 1 N–H and O–H groups in total. The third-order valence-electron chi connectivity index (χ3n) is 3.01. The van der Waals surface area contributed by atoms with E-state index in [1.807, 2.05) is 22.9 Å². The SMILES string of the molecule is O=C(Nc1cccc(F)c1)c1ccc(-n2ccnc2)cc1. The summed E-state index contributed by atoms with van der Waals surface area (Å²) >= 11 is 0. The van der Waals surface area contributed by atoms with Gasteiger partial charge in [0.05, 0.1) is 6.33 Å². The van der Waals surface area contributed by atoms with Crippen molar-refractivity contribution in [3.8, 4) is 5.69 Å². The largest absolute Gasteiger partial charge is 0.322 e. The van der Waals surface area contributed by atoms with Crippen molar-refractivity contribution in [2.24, 2.45) is 0 Å². The first-order valence-corrected chi connectivity index (χ1v) is 6.38. The van der Waals surface area contributed by atoms with Crippen LogP contribution in [0.2, 0.25) is 0 Å². The zero-order chi connectivity index (χ0) is 14.7. The highest BCUT2D eigenvalue weighted by Gasteiger charge is 2.06. The van der Waals surface area contributed by atoms with Crippen molar-refractivity contribution >= 4 is 11.6 Å². The molecule has 0 fully saturated rings. The van der Waals surface area contributed by atoms with Gasteiger partial charge in [0.15, 0.2) is 0 Å². The van der Waals surface area contributed by atoms with E-state index in [9.17, 15) is 9.18 Å². The number of hydrogen-bond acceptors (Lipinski definition) is 2. The van der Waals surface area contributed by atoms with Gasteiger partial charge in [-0.25, -0.2) is 9.37 Å². The van der Waals surface area contributed by atoms with Crippen LogP contribution in [0, 0.1) is 5.82 Å². The summed E-state index contributed by atoms with van der Waals surface area (Å²) in [6.45, 7) is 0. The summed E-state index contributed by atoms with van der Waals surface area (Å²) < 4.78 is 14.9. The highest BCUT2D eigenvalue weighted by molar-refractivity contribution is 6.04. The molecule has 0 unspecified atom stereocenters. The number of nitrogens with zero attached hydrogens (tertiary/aromatic N) is 2. The molecule has 4 nitrogen and oxygen atoms in total. The van der Waals surface area contributed by atoms with Gasteiger partial charge < -0.3 is 9.88 Å². The zero-order valence-corrected chi connectivity index (χ0v) is 11.0. The van der Waals surface area contributed by atoms with Crippen LogP contribution in [0.3, 0.4) is 0 Å². The molecule has 0 aliphatic heterocycles. The minimum Gasteiger partial charge on any atom is -0.322 e. The molecule has 0 radical (unpaired) electrons. The van der Waals surface area contributed by atoms with Gasteiger partial charge in [-0.1, -0.05) is 6.07 Å². The summed E-state index contributed by atoms with van der Waals surface area (Å²) in [5.41, 5.74) is 1.84. The fourth-order valence-corrected chi connectivity index (χ4v) is 1.97. The van der Waals surface area contributed by atoms with E-state index >= 15 is 0 Å². The molecule has 3 aromatic rings. The Morgan fingerprint density at radius 1 is 1.14 bits per heavy atom. The molecule has 3 rings (SSSR count). The zero-order valence-electron chi connectivity index (χ0n) is 11.0. The van der Waals surface area contributed by atoms with Gasteiger partial charge in [0.25, 0.3) is 5.91 Å². The van der Waals surface area contributed by atoms with E-state index in [0.29, 0.717) is 11.3 Å². The maximum atomic E-state index is 13.1. The van der Waals surface area contributed by atoms with Gasteiger partial charge in [0, 0.05) is 29.3 Å². The van der Waals surface area contributed by atoms with Crippen LogP contribution in [0.5, 0.6) is 0 Å². The predicted octanol–water partition coefficient (Wildman–Crippen LogP) is 3.26. The summed E-state index contributed by atoms with van der Waals surface area (Å²) in [6, 6.07) is 12.9. The number of halogens is 1. The minimum absolute atomic E-state index is 0.280. The summed E-state index contributed by atoms with van der Waals surface area (Å²) in [5.74, 6) is -0.666. The van der Waals surface area contributed by atoms with Crippen LogP contribution in [0.15, 0.2) is 67.3 Å². The number of carbonyl (C=O) groups is 1. The second-order valence-corrected chi connectivity index (χ2v) is 4.48. The third-order valence-corrected chi connectivity index (χ3v) is 3.01. The maximum Gasteiger partial charge on any atom is 0.255 e. The number of nitrogens with one attached hydrogen (secondary N) is 1. The lowest BCUT2D eigenvalue weighted by Crippen LogP contribution is -2.12. The molecule has 1 amide bonds. The number of anilines is 1. The van der Waals surface area contributed by atoms with Crippen molar-refractivity contribution < 1.29 is 9.18 Å². The van der Waals surface area contributed by atoms with Crippen molar-refractivity contribution in [3.05, 3.63) is 78.6 Å². The number of aromatic nitrogens is 2. The Morgan fingerprint density at radius 2 is 1.95 bits per heavy atom. The van der Waals surface area contributed by atoms with E-state index < -0.39 is 0 Å². The average molecular weight is 281 g/mol. The van der Waals surface area contributed by atoms with E-state index in [1.165, 1.54) is 12.1 Å². The van der Waals surface area contributed by atoms with Crippen LogP contribution < -0.4 is 5.32 Å². The predicted molar refractivity (Wildman–Crippen MR) is 77.9 cm³/mol. The van der Waals surface area contributed by atoms with E-state index in [4.69, 9.17) is 0 Å². The molecule has 0 saturated carbocycles. The minimum atomic E-state index is -0.386.